The molecule has 4 heteroatoms. The fourth-order valence-corrected chi connectivity index (χ4v) is 2.93. The first-order valence-corrected chi connectivity index (χ1v) is 7.17. The third kappa shape index (κ3) is 2.25. The molecule has 2 N–H and O–H groups in total. The van der Waals surface area contributed by atoms with E-state index in [2.05, 4.69) is 17.1 Å². The van der Waals surface area contributed by atoms with Crippen LogP contribution in [-0.4, -0.2) is 26.4 Å². The summed E-state index contributed by atoms with van der Waals surface area (Å²) < 4.78 is 2.01. The number of rotatable bonds is 5. The zero-order valence-corrected chi connectivity index (χ0v) is 11.5. The number of benzene rings is 1. The van der Waals surface area contributed by atoms with Gasteiger partial charge < -0.3 is 14.8 Å². The Morgan fingerprint density at radius 2 is 2.00 bits per heavy atom. The number of fused-ring (bicyclic) bond motifs is 1. The van der Waals surface area contributed by atoms with E-state index in [1.54, 1.807) is 12.5 Å². The second-order valence-electron chi connectivity index (χ2n) is 5.46. The maximum atomic E-state index is 10.9. The molecule has 20 heavy (non-hydrogen) atoms. The summed E-state index contributed by atoms with van der Waals surface area (Å²) >= 11 is 0. The average Bonchev–Trinajstić information content (AvgIpc) is 3.05. The van der Waals surface area contributed by atoms with Crippen LogP contribution >= 0.6 is 0 Å². The van der Waals surface area contributed by atoms with Crippen molar-refractivity contribution in [1.82, 2.24) is 9.55 Å². The van der Waals surface area contributed by atoms with E-state index in [1.165, 1.54) is 5.56 Å². The van der Waals surface area contributed by atoms with Gasteiger partial charge >= 0.3 is 0 Å². The van der Waals surface area contributed by atoms with Crippen molar-refractivity contribution in [1.29, 1.82) is 0 Å². The molecular formula is C16H20N2O2. The van der Waals surface area contributed by atoms with E-state index in [0.29, 0.717) is 6.42 Å². The van der Waals surface area contributed by atoms with Crippen LogP contribution in [0.3, 0.4) is 0 Å². The van der Waals surface area contributed by atoms with Gasteiger partial charge in [0, 0.05) is 19.6 Å². The molecule has 0 saturated heterocycles. The summed E-state index contributed by atoms with van der Waals surface area (Å²) in [6.07, 6.45) is 7.03. The van der Waals surface area contributed by atoms with Crippen molar-refractivity contribution in [2.24, 2.45) is 0 Å². The zero-order valence-electron chi connectivity index (χ0n) is 11.5. The quantitative estimate of drug-likeness (QED) is 0.817. The molecule has 0 aliphatic carbocycles. The summed E-state index contributed by atoms with van der Waals surface area (Å²) in [6.45, 7) is 1.06. The first-order valence-electron chi connectivity index (χ1n) is 7.17. The number of aryl methyl sites for hydroxylation is 2. The first kappa shape index (κ1) is 13.3. The number of aromatic nitrogens is 2. The highest BCUT2D eigenvalue weighted by atomic mass is 16.3. The van der Waals surface area contributed by atoms with Crippen LogP contribution in [0.5, 0.6) is 0 Å². The summed E-state index contributed by atoms with van der Waals surface area (Å²) in [7, 11) is 0. The number of unbranched alkanes of at least 4 members (excludes halogenated alkanes) is 1. The van der Waals surface area contributed by atoms with Gasteiger partial charge in [0.2, 0.25) is 0 Å². The highest BCUT2D eigenvalue weighted by Crippen LogP contribution is 2.38. The maximum Gasteiger partial charge on any atom is 0.133 e. The third-order valence-electron chi connectivity index (χ3n) is 4.16. The minimum atomic E-state index is -0.903. The minimum absolute atomic E-state index is 0.252. The number of hydrogen-bond donors (Lipinski definition) is 2. The van der Waals surface area contributed by atoms with Crippen LogP contribution < -0.4 is 0 Å². The largest absolute Gasteiger partial charge is 0.396 e. The highest BCUT2D eigenvalue weighted by molar-refractivity contribution is 5.35. The second kappa shape index (κ2) is 5.38. The van der Waals surface area contributed by atoms with E-state index in [0.717, 1.165) is 37.1 Å². The molecule has 2 heterocycles. The van der Waals surface area contributed by atoms with Crippen molar-refractivity contribution < 1.29 is 10.2 Å². The Hall–Kier alpha value is -1.65. The molecule has 0 saturated carbocycles. The Labute approximate surface area is 118 Å². The lowest BCUT2D eigenvalue weighted by molar-refractivity contribution is 0.0825. The average molecular weight is 272 g/mol. The summed E-state index contributed by atoms with van der Waals surface area (Å²) in [5, 5.41) is 19.7. The molecule has 3 rings (SSSR count). The Morgan fingerprint density at radius 1 is 1.20 bits per heavy atom. The molecule has 0 radical (unpaired) electrons. The smallest absolute Gasteiger partial charge is 0.133 e. The lowest BCUT2D eigenvalue weighted by atomic mass is 9.89. The fraction of sp³-hybridized carbons (Fsp3) is 0.438. The zero-order chi connectivity index (χ0) is 14.0. The molecule has 4 nitrogen and oxygen atoms in total. The van der Waals surface area contributed by atoms with Gasteiger partial charge in [0.05, 0.1) is 18.2 Å². The molecule has 106 valence electrons. The highest BCUT2D eigenvalue weighted by Gasteiger charge is 2.38. The second-order valence-corrected chi connectivity index (χ2v) is 5.46. The van der Waals surface area contributed by atoms with Crippen LogP contribution in [-0.2, 0) is 18.6 Å². The molecule has 1 unspecified atom stereocenters. The predicted octanol–water partition coefficient (Wildman–Crippen LogP) is 1.84. The third-order valence-corrected chi connectivity index (χ3v) is 4.16. The molecule has 0 spiro atoms. The van der Waals surface area contributed by atoms with Crippen LogP contribution in [0.2, 0.25) is 0 Å². The Kier molecular flexibility index (Phi) is 3.59. The number of aliphatic hydroxyl groups is 2. The Balaban J connectivity index is 1.78. The predicted molar refractivity (Wildman–Crippen MR) is 76.3 cm³/mol. The van der Waals surface area contributed by atoms with Crippen LogP contribution in [0.4, 0.5) is 0 Å². The normalized spacial score (nSPS) is 21.1. The maximum absolute atomic E-state index is 10.9. The van der Waals surface area contributed by atoms with Crippen LogP contribution in [0.15, 0.2) is 36.8 Å². The molecule has 1 aromatic carbocycles. The lowest BCUT2D eigenvalue weighted by Gasteiger charge is -2.22. The monoisotopic (exact) mass is 272 g/mol. The molecule has 0 fully saturated rings. The fourth-order valence-electron chi connectivity index (χ4n) is 2.93. The van der Waals surface area contributed by atoms with Gasteiger partial charge in [0.25, 0.3) is 0 Å². The van der Waals surface area contributed by atoms with Gasteiger partial charge in [-0.05, 0) is 30.4 Å². The molecule has 1 aromatic heterocycles. The van der Waals surface area contributed by atoms with Crippen LogP contribution in [0.1, 0.15) is 36.1 Å². The standard InChI is InChI=1S/C16H20N2O2/c19-10-2-1-3-13-4-6-14(7-5-13)16(20)8-9-18-12-17-11-15(16)18/h4-7,11-12,19-20H,1-3,8-10H2. The van der Waals surface area contributed by atoms with Gasteiger partial charge in [-0.25, -0.2) is 4.98 Å². The van der Waals surface area contributed by atoms with Gasteiger partial charge in [0.15, 0.2) is 0 Å². The summed E-state index contributed by atoms with van der Waals surface area (Å²) in [5.74, 6) is 0. The van der Waals surface area contributed by atoms with E-state index in [1.807, 2.05) is 16.7 Å². The van der Waals surface area contributed by atoms with Crippen molar-refractivity contribution in [3.8, 4) is 0 Å². The summed E-state index contributed by atoms with van der Waals surface area (Å²) in [5.41, 5.74) is 2.16. The van der Waals surface area contributed by atoms with Crippen LogP contribution in [0.25, 0.3) is 0 Å². The van der Waals surface area contributed by atoms with Crippen molar-refractivity contribution in [2.45, 2.75) is 37.8 Å². The van der Waals surface area contributed by atoms with Gasteiger partial charge in [-0.1, -0.05) is 24.3 Å². The van der Waals surface area contributed by atoms with Crippen molar-refractivity contribution in [3.63, 3.8) is 0 Å². The number of aliphatic hydroxyl groups excluding tert-OH is 1. The molecule has 0 amide bonds. The van der Waals surface area contributed by atoms with Crippen molar-refractivity contribution in [2.75, 3.05) is 6.61 Å². The SMILES string of the molecule is OCCCCc1ccc(C2(O)CCn3cncc32)cc1. The number of imidazole rings is 1. The molecule has 1 aliphatic rings. The van der Waals surface area contributed by atoms with Gasteiger partial charge in [0.1, 0.15) is 5.60 Å². The van der Waals surface area contributed by atoms with E-state index in [9.17, 15) is 5.11 Å². The molecule has 1 atom stereocenters. The number of hydrogen-bond acceptors (Lipinski definition) is 3. The summed E-state index contributed by atoms with van der Waals surface area (Å²) in [4.78, 5) is 4.11. The number of nitrogens with zero attached hydrogens (tertiary/aromatic N) is 2. The molecule has 2 aromatic rings. The van der Waals surface area contributed by atoms with Crippen molar-refractivity contribution >= 4 is 0 Å². The van der Waals surface area contributed by atoms with Gasteiger partial charge in [-0.15, -0.1) is 0 Å². The van der Waals surface area contributed by atoms with Crippen LogP contribution in [0, 0.1) is 0 Å². The van der Waals surface area contributed by atoms with Crippen molar-refractivity contribution in [3.05, 3.63) is 53.6 Å². The molecule has 0 bridgehead atoms. The first-order chi connectivity index (χ1) is 9.74. The van der Waals surface area contributed by atoms with E-state index < -0.39 is 5.60 Å². The summed E-state index contributed by atoms with van der Waals surface area (Å²) in [6, 6.07) is 8.17. The minimum Gasteiger partial charge on any atom is -0.396 e. The van der Waals surface area contributed by atoms with Gasteiger partial charge in [-0.3, -0.25) is 0 Å². The van der Waals surface area contributed by atoms with E-state index in [-0.39, 0.29) is 6.61 Å². The van der Waals surface area contributed by atoms with E-state index in [4.69, 9.17) is 5.11 Å². The van der Waals surface area contributed by atoms with Gasteiger partial charge in [-0.2, -0.15) is 0 Å². The molecular weight excluding hydrogens is 252 g/mol. The van der Waals surface area contributed by atoms with E-state index >= 15 is 0 Å². The Morgan fingerprint density at radius 3 is 2.75 bits per heavy atom. The lowest BCUT2D eigenvalue weighted by Crippen LogP contribution is -2.23. The Bertz CT molecular complexity index is 576. The molecule has 1 aliphatic heterocycles. The topological polar surface area (TPSA) is 58.3 Å².